The standard InChI is InChI=1S/C20H24F3N3O2/c21-20(22,23)15-2-5-18(24-12-15)25-10-7-19(8-11-25)6-1-9-26(19)13-16-3-4-17(14-27)28-16/h2-5,12,27H,1,6-11,13-14H2. The van der Waals surface area contributed by atoms with Gasteiger partial charge in [-0.1, -0.05) is 0 Å². The maximum atomic E-state index is 12.7. The molecule has 5 nitrogen and oxygen atoms in total. The van der Waals surface area contributed by atoms with Gasteiger partial charge in [-0.05, 0) is 56.5 Å². The molecule has 1 spiro atoms. The Bertz CT molecular complexity index is 796. The fourth-order valence-corrected chi connectivity index (χ4v) is 4.48. The van der Waals surface area contributed by atoms with Crippen LogP contribution in [0.2, 0.25) is 0 Å². The molecule has 0 aliphatic carbocycles. The van der Waals surface area contributed by atoms with E-state index in [-0.39, 0.29) is 12.1 Å². The zero-order valence-corrected chi connectivity index (χ0v) is 15.6. The predicted molar refractivity (Wildman–Crippen MR) is 97.7 cm³/mol. The Hall–Kier alpha value is -2.06. The Morgan fingerprint density at radius 3 is 2.39 bits per heavy atom. The van der Waals surface area contributed by atoms with Gasteiger partial charge in [0, 0.05) is 24.8 Å². The lowest BCUT2D eigenvalue weighted by Crippen LogP contribution is -2.52. The summed E-state index contributed by atoms with van der Waals surface area (Å²) >= 11 is 0. The number of pyridine rings is 1. The Balaban J connectivity index is 1.40. The molecule has 1 N–H and O–H groups in total. The van der Waals surface area contributed by atoms with Crippen LogP contribution in [0.4, 0.5) is 19.0 Å². The Morgan fingerprint density at radius 2 is 1.79 bits per heavy atom. The topological polar surface area (TPSA) is 52.7 Å². The molecule has 0 radical (unpaired) electrons. The van der Waals surface area contributed by atoms with Crippen LogP contribution in [0.25, 0.3) is 0 Å². The molecular formula is C20H24F3N3O2. The van der Waals surface area contributed by atoms with Crippen LogP contribution in [0, 0.1) is 0 Å². The van der Waals surface area contributed by atoms with Crippen LogP contribution in [0.3, 0.4) is 0 Å². The number of aromatic nitrogens is 1. The van der Waals surface area contributed by atoms with E-state index in [1.54, 1.807) is 6.07 Å². The second kappa shape index (κ2) is 7.40. The molecule has 0 atom stereocenters. The molecule has 2 aliphatic rings. The molecule has 2 aliphatic heterocycles. The quantitative estimate of drug-likeness (QED) is 0.853. The number of hydrogen-bond acceptors (Lipinski definition) is 5. The number of alkyl halides is 3. The number of furan rings is 1. The monoisotopic (exact) mass is 395 g/mol. The average molecular weight is 395 g/mol. The van der Waals surface area contributed by atoms with Crippen molar-refractivity contribution in [3.05, 3.63) is 47.5 Å². The molecule has 0 unspecified atom stereocenters. The maximum Gasteiger partial charge on any atom is 0.417 e. The first-order valence-corrected chi connectivity index (χ1v) is 9.61. The second-order valence-electron chi connectivity index (χ2n) is 7.67. The van der Waals surface area contributed by atoms with E-state index < -0.39 is 11.7 Å². The highest BCUT2D eigenvalue weighted by molar-refractivity contribution is 5.40. The van der Waals surface area contributed by atoms with Crippen molar-refractivity contribution in [1.29, 1.82) is 0 Å². The highest BCUT2D eigenvalue weighted by atomic mass is 19.4. The van der Waals surface area contributed by atoms with Crippen molar-refractivity contribution in [2.24, 2.45) is 0 Å². The Morgan fingerprint density at radius 1 is 1.04 bits per heavy atom. The lowest BCUT2D eigenvalue weighted by Gasteiger charge is -2.45. The van der Waals surface area contributed by atoms with Crippen molar-refractivity contribution in [1.82, 2.24) is 9.88 Å². The third-order valence-corrected chi connectivity index (χ3v) is 6.05. The minimum atomic E-state index is -4.36. The highest BCUT2D eigenvalue weighted by Gasteiger charge is 2.43. The first kappa shape index (κ1) is 19.3. The predicted octanol–water partition coefficient (Wildman–Crippen LogP) is 3.82. The van der Waals surface area contributed by atoms with Crippen LogP contribution < -0.4 is 4.90 Å². The van der Waals surface area contributed by atoms with E-state index in [9.17, 15) is 18.3 Å². The molecule has 8 heteroatoms. The van der Waals surface area contributed by atoms with Gasteiger partial charge in [-0.25, -0.2) is 4.98 Å². The summed E-state index contributed by atoms with van der Waals surface area (Å²) in [6.07, 6.45) is 0.703. The van der Waals surface area contributed by atoms with E-state index in [0.29, 0.717) is 11.6 Å². The first-order chi connectivity index (χ1) is 13.4. The number of rotatable bonds is 4. The number of likely N-dealkylation sites (tertiary alicyclic amines) is 1. The van der Waals surface area contributed by atoms with Crippen molar-refractivity contribution >= 4 is 5.82 Å². The molecule has 2 aromatic heterocycles. The van der Waals surface area contributed by atoms with Crippen LogP contribution in [-0.2, 0) is 19.3 Å². The van der Waals surface area contributed by atoms with Gasteiger partial charge >= 0.3 is 6.18 Å². The molecule has 4 rings (SSSR count). The van der Waals surface area contributed by atoms with E-state index >= 15 is 0 Å². The minimum Gasteiger partial charge on any atom is -0.462 e. The number of nitrogens with zero attached hydrogens (tertiary/aromatic N) is 3. The van der Waals surface area contributed by atoms with E-state index in [2.05, 4.69) is 14.8 Å². The molecular weight excluding hydrogens is 371 g/mol. The maximum absolute atomic E-state index is 12.7. The molecule has 2 aromatic rings. The van der Waals surface area contributed by atoms with Crippen molar-refractivity contribution < 1.29 is 22.7 Å². The van der Waals surface area contributed by atoms with Gasteiger partial charge in [-0.2, -0.15) is 13.2 Å². The molecule has 0 saturated carbocycles. The Labute approximate surface area is 161 Å². The number of halogens is 3. The fourth-order valence-electron chi connectivity index (χ4n) is 4.48. The van der Waals surface area contributed by atoms with E-state index in [1.807, 2.05) is 6.07 Å². The van der Waals surface area contributed by atoms with Gasteiger partial charge in [0.05, 0.1) is 12.1 Å². The van der Waals surface area contributed by atoms with Crippen LogP contribution >= 0.6 is 0 Å². The minimum absolute atomic E-state index is 0.0970. The first-order valence-electron chi connectivity index (χ1n) is 9.61. The lowest BCUT2D eigenvalue weighted by molar-refractivity contribution is -0.137. The summed E-state index contributed by atoms with van der Waals surface area (Å²) in [5.74, 6) is 2.04. The average Bonchev–Trinajstić information content (AvgIpc) is 3.30. The van der Waals surface area contributed by atoms with E-state index in [1.165, 1.54) is 6.07 Å². The van der Waals surface area contributed by atoms with E-state index in [0.717, 1.165) is 69.9 Å². The van der Waals surface area contributed by atoms with Gasteiger partial charge in [0.2, 0.25) is 0 Å². The zero-order valence-electron chi connectivity index (χ0n) is 15.6. The zero-order chi connectivity index (χ0) is 19.8. The fraction of sp³-hybridized carbons (Fsp3) is 0.550. The number of anilines is 1. The number of hydrogen-bond donors (Lipinski definition) is 1. The molecule has 152 valence electrons. The van der Waals surface area contributed by atoms with Gasteiger partial charge in [-0.3, -0.25) is 4.90 Å². The third-order valence-electron chi connectivity index (χ3n) is 6.05. The molecule has 2 fully saturated rings. The summed E-state index contributed by atoms with van der Waals surface area (Å²) in [4.78, 5) is 8.57. The van der Waals surface area contributed by atoms with Gasteiger partial charge in [-0.15, -0.1) is 0 Å². The molecule has 2 saturated heterocycles. The van der Waals surface area contributed by atoms with Gasteiger partial charge in [0.15, 0.2) is 0 Å². The highest BCUT2D eigenvalue weighted by Crippen LogP contribution is 2.40. The summed E-state index contributed by atoms with van der Waals surface area (Å²) in [6.45, 7) is 3.18. The van der Waals surface area contributed by atoms with Crippen molar-refractivity contribution in [3.63, 3.8) is 0 Å². The summed E-state index contributed by atoms with van der Waals surface area (Å²) in [5.41, 5.74) is -0.610. The molecule has 0 amide bonds. The van der Waals surface area contributed by atoms with Crippen molar-refractivity contribution in [2.45, 2.75) is 50.6 Å². The number of piperidine rings is 1. The van der Waals surface area contributed by atoms with Crippen molar-refractivity contribution in [3.8, 4) is 0 Å². The van der Waals surface area contributed by atoms with E-state index in [4.69, 9.17) is 4.42 Å². The smallest absolute Gasteiger partial charge is 0.417 e. The summed E-state index contributed by atoms with van der Waals surface area (Å²) in [6, 6.07) is 6.28. The number of aliphatic hydroxyl groups is 1. The lowest BCUT2D eigenvalue weighted by atomic mass is 9.85. The molecule has 4 heterocycles. The summed E-state index contributed by atoms with van der Waals surface area (Å²) in [7, 11) is 0. The van der Waals surface area contributed by atoms with Crippen LogP contribution in [0.1, 0.15) is 42.8 Å². The molecule has 0 bridgehead atoms. The van der Waals surface area contributed by atoms with Crippen LogP contribution in [0.15, 0.2) is 34.9 Å². The van der Waals surface area contributed by atoms with Crippen molar-refractivity contribution in [2.75, 3.05) is 24.5 Å². The SMILES string of the molecule is OCc1ccc(CN2CCCC23CCN(c2ccc(C(F)(F)F)cn2)CC3)o1. The normalized spacial score (nSPS) is 20.2. The van der Waals surface area contributed by atoms with Crippen LogP contribution in [-0.4, -0.2) is 40.2 Å². The van der Waals surface area contributed by atoms with Gasteiger partial charge in [0.25, 0.3) is 0 Å². The largest absolute Gasteiger partial charge is 0.462 e. The second-order valence-corrected chi connectivity index (χ2v) is 7.67. The molecule has 0 aromatic carbocycles. The summed E-state index contributed by atoms with van der Waals surface area (Å²) < 4.78 is 43.8. The van der Waals surface area contributed by atoms with Gasteiger partial charge < -0.3 is 14.4 Å². The molecule has 28 heavy (non-hydrogen) atoms. The summed E-state index contributed by atoms with van der Waals surface area (Å²) in [5, 5.41) is 9.17. The van der Waals surface area contributed by atoms with Gasteiger partial charge in [0.1, 0.15) is 23.9 Å². The van der Waals surface area contributed by atoms with Crippen LogP contribution in [0.5, 0.6) is 0 Å². The Kier molecular flexibility index (Phi) is 5.09. The number of aliphatic hydroxyl groups excluding tert-OH is 1. The third kappa shape index (κ3) is 3.75.